The predicted molar refractivity (Wildman–Crippen MR) is 129 cm³/mol. The van der Waals surface area contributed by atoms with E-state index in [2.05, 4.69) is 16.7 Å². The number of carbonyl (C=O) groups is 1. The van der Waals surface area contributed by atoms with Gasteiger partial charge in [0.05, 0.1) is 11.4 Å². The number of aromatic nitrogens is 3. The number of nitrogens with zero attached hydrogens (tertiary/aromatic N) is 4. The van der Waals surface area contributed by atoms with E-state index >= 15 is 0 Å². The lowest BCUT2D eigenvalue weighted by atomic mass is 10.2. The minimum absolute atomic E-state index is 0.191. The molecule has 2 aromatic carbocycles. The number of halogens is 1. The Balaban J connectivity index is 1.73. The standard InChI is InChI=1S/C24H19ClN4O2S/c1-3-13-28(24-26-20(15-32-24)17-7-5-4-6-8-17)23(31)22-21(30)14-16(2)29(27-22)19-11-9-18(25)10-12-19/h3-12,14-15H,1,13H2,2H3. The lowest BCUT2D eigenvalue weighted by Gasteiger charge is -2.18. The van der Waals surface area contributed by atoms with Crippen molar-refractivity contribution in [3.8, 4) is 16.9 Å². The molecule has 0 bridgehead atoms. The molecule has 6 nitrogen and oxygen atoms in total. The Morgan fingerprint density at radius 1 is 1.19 bits per heavy atom. The minimum atomic E-state index is -0.536. The summed E-state index contributed by atoms with van der Waals surface area (Å²) in [6.45, 7) is 5.69. The molecular weight excluding hydrogens is 444 g/mol. The largest absolute Gasteiger partial charge is 0.287 e. The average molecular weight is 463 g/mol. The van der Waals surface area contributed by atoms with Gasteiger partial charge in [-0.25, -0.2) is 9.67 Å². The number of thiazole rings is 1. The SMILES string of the molecule is C=CCN(C(=O)c1nn(-c2ccc(Cl)cc2)c(C)cc1=O)c1nc(-c2ccccc2)cs1. The first-order valence-electron chi connectivity index (χ1n) is 9.78. The molecule has 0 atom stereocenters. The van der Waals surface area contributed by atoms with E-state index < -0.39 is 11.3 Å². The fourth-order valence-electron chi connectivity index (χ4n) is 3.17. The highest BCUT2D eigenvalue weighted by atomic mass is 35.5. The molecule has 0 unspecified atom stereocenters. The molecule has 0 aliphatic carbocycles. The van der Waals surface area contributed by atoms with Crippen LogP contribution in [-0.2, 0) is 0 Å². The first-order valence-corrected chi connectivity index (χ1v) is 11.0. The van der Waals surface area contributed by atoms with Crippen molar-refractivity contribution in [3.63, 3.8) is 0 Å². The van der Waals surface area contributed by atoms with E-state index in [0.717, 1.165) is 11.3 Å². The molecule has 2 aromatic heterocycles. The molecule has 0 aliphatic rings. The summed E-state index contributed by atoms with van der Waals surface area (Å²) in [5.41, 5.74) is 2.35. The molecule has 0 saturated heterocycles. The smallest absolute Gasteiger partial charge is 0.284 e. The van der Waals surface area contributed by atoms with E-state index in [9.17, 15) is 9.59 Å². The van der Waals surface area contributed by atoms with E-state index in [4.69, 9.17) is 11.6 Å². The number of benzene rings is 2. The zero-order chi connectivity index (χ0) is 22.7. The first-order chi connectivity index (χ1) is 15.5. The van der Waals surface area contributed by atoms with Crippen LogP contribution in [0.25, 0.3) is 16.9 Å². The number of hydrogen-bond acceptors (Lipinski definition) is 5. The molecule has 0 N–H and O–H groups in total. The lowest BCUT2D eigenvalue weighted by Crippen LogP contribution is -2.36. The molecule has 160 valence electrons. The van der Waals surface area contributed by atoms with Crippen molar-refractivity contribution in [1.82, 2.24) is 14.8 Å². The quantitative estimate of drug-likeness (QED) is 0.371. The van der Waals surface area contributed by atoms with Gasteiger partial charge in [-0.1, -0.05) is 48.0 Å². The van der Waals surface area contributed by atoms with Crippen LogP contribution in [-0.4, -0.2) is 27.2 Å². The summed E-state index contributed by atoms with van der Waals surface area (Å²) in [4.78, 5) is 32.1. The molecule has 4 aromatic rings. The maximum absolute atomic E-state index is 13.4. The second-order valence-corrected chi connectivity index (χ2v) is 8.25. The number of aryl methyl sites for hydroxylation is 1. The van der Waals surface area contributed by atoms with E-state index in [0.29, 0.717) is 21.5 Å². The van der Waals surface area contributed by atoms with Crippen molar-refractivity contribution in [1.29, 1.82) is 0 Å². The molecule has 0 spiro atoms. The van der Waals surface area contributed by atoms with Gasteiger partial charge in [-0.2, -0.15) is 5.10 Å². The summed E-state index contributed by atoms with van der Waals surface area (Å²) >= 11 is 7.30. The monoisotopic (exact) mass is 462 g/mol. The Hall–Kier alpha value is -3.55. The third-order valence-corrected chi connectivity index (χ3v) is 5.85. The summed E-state index contributed by atoms with van der Waals surface area (Å²) in [5, 5.41) is 7.30. The summed E-state index contributed by atoms with van der Waals surface area (Å²) in [5.74, 6) is -0.536. The van der Waals surface area contributed by atoms with Crippen molar-refractivity contribution in [2.45, 2.75) is 6.92 Å². The van der Waals surface area contributed by atoms with Crippen LogP contribution in [0.5, 0.6) is 0 Å². The van der Waals surface area contributed by atoms with E-state index in [1.165, 1.54) is 22.3 Å². The molecular formula is C24H19ClN4O2S. The van der Waals surface area contributed by atoms with E-state index in [-0.39, 0.29) is 12.2 Å². The minimum Gasteiger partial charge on any atom is -0.287 e. The number of hydrogen-bond donors (Lipinski definition) is 0. The highest BCUT2D eigenvalue weighted by Gasteiger charge is 2.25. The zero-order valence-corrected chi connectivity index (χ0v) is 18.8. The normalized spacial score (nSPS) is 10.7. The highest BCUT2D eigenvalue weighted by molar-refractivity contribution is 7.14. The zero-order valence-electron chi connectivity index (χ0n) is 17.2. The molecule has 32 heavy (non-hydrogen) atoms. The molecule has 2 heterocycles. The first kappa shape index (κ1) is 21.7. The van der Waals surface area contributed by atoms with Crippen molar-refractivity contribution in [2.75, 3.05) is 11.4 Å². The van der Waals surface area contributed by atoms with Gasteiger partial charge in [0.2, 0.25) is 5.43 Å². The Morgan fingerprint density at radius 2 is 1.91 bits per heavy atom. The van der Waals surface area contributed by atoms with Crippen molar-refractivity contribution >= 4 is 34.0 Å². The summed E-state index contributed by atoms with van der Waals surface area (Å²) in [6, 6.07) is 18.1. The van der Waals surface area contributed by atoms with Gasteiger partial charge in [-0.15, -0.1) is 17.9 Å². The maximum atomic E-state index is 13.4. The van der Waals surface area contributed by atoms with Crippen LogP contribution >= 0.6 is 22.9 Å². The van der Waals surface area contributed by atoms with Crippen LogP contribution in [0.4, 0.5) is 5.13 Å². The van der Waals surface area contributed by atoms with Gasteiger partial charge in [0, 0.05) is 34.3 Å². The summed E-state index contributed by atoms with van der Waals surface area (Å²) in [6.07, 6.45) is 1.59. The van der Waals surface area contributed by atoms with Gasteiger partial charge < -0.3 is 0 Å². The Bertz CT molecular complexity index is 1330. The Morgan fingerprint density at radius 3 is 2.59 bits per heavy atom. The maximum Gasteiger partial charge on any atom is 0.284 e. The topological polar surface area (TPSA) is 68.1 Å². The van der Waals surface area contributed by atoms with Crippen LogP contribution in [0.2, 0.25) is 5.02 Å². The Labute approximate surface area is 194 Å². The molecule has 4 rings (SSSR count). The van der Waals surface area contributed by atoms with Gasteiger partial charge in [0.1, 0.15) is 0 Å². The van der Waals surface area contributed by atoms with Crippen molar-refractivity contribution in [3.05, 3.63) is 105 Å². The number of amides is 1. The van der Waals surface area contributed by atoms with Crippen LogP contribution in [0.3, 0.4) is 0 Å². The molecule has 8 heteroatoms. The highest BCUT2D eigenvalue weighted by Crippen LogP contribution is 2.28. The van der Waals surface area contributed by atoms with Crippen LogP contribution in [0, 0.1) is 6.92 Å². The molecule has 0 radical (unpaired) electrons. The second-order valence-electron chi connectivity index (χ2n) is 6.97. The average Bonchev–Trinajstić information content (AvgIpc) is 3.28. The summed E-state index contributed by atoms with van der Waals surface area (Å²) in [7, 11) is 0. The van der Waals surface area contributed by atoms with Gasteiger partial charge in [0.25, 0.3) is 5.91 Å². The predicted octanol–water partition coefficient (Wildman–Crippen LogP) is 5.15. The number of anilines is 1. The fourth-order valence-corrected chi connectivity index (χ4v) is 4.14. The van der Waals surface area contributed by atoms with Gasteiger partial charge >= 0.3 is 0 Å². The second kappa shape index (κ2) is 9.30. The van der Waals surface area contributed by atoms with Crippen molar-refractivity contribution < 1.29 is 4.79 Å². The summed E-state index contributed by atoms with van der Waals surface area (Å²) < 4.78 is 1.55. The number of rotatable bonds is 6. The molecule has 0 aliphatic heterocycles. The van der Waals surface area contributed by atoms with E-state index in [1.807, 2.05) is 35.7 Å². The molecule has 0 fully saturated rings. The molecule has 1 amide bonds. The van der Waals surface area contributed by atoms with Gasteiger partial charge in [-0.05, 0) is 31.2 Å². The fraction of sp³-hybridized carbons (Fsp3) is 0.0833. The molecule has 0 saturated carbocycles. The Kier molecular flexibility index (Phi) is 6.30. The third-order valence-electron chi connectivity index (χ3n) is 4.73. The van der Waals surface area contributed by atoms with Gasteiger partial charge in [0.15, 0.2) is 10.8 Å². The number of carbonyl (C=O) groups excluding carboxylic acids is 1. The lowest BCUT2D eigenvalue weighted by molar-refractivity contribution is 0.0982. The van der Waals surface area contributed by atoms with Crippen molar-refractivity contribution in [2.24, 2.45) is 0 Å². The van der Waals surface area contributed by atoms with Gasteiger partial charge in [-0.3, -0.25) is 14.5 Å². The van der Waals surface area contributed by atoms with Crippen LogP contribution < -0.4 is 10.3 Å². The van der Waals surface area contributed by atoms with E-state index in [1.54, 1.807) is 41.9 Å². The van der Waals surface area contributed by atoms with Crippen LogP contribution in [0.1, 0.15) is 16.2 Å². The van der Waals surface area contributed by atoms with Crippen LogP contribution in [0.15, 0.2) is 83.5 Å². The third kappa shape index (κ3) is 4.39.